The van der Waals surface area contributed by atoms with Crippen LogP contribution in [0.15, 0.2) is 52.3 Å². The van der Waals surface area contributed by atoms with Crippen molar-refractivity contribution >= 4 is 22.4 Å². The molecule has 2 aromatic carbocycles. The van der Waals surface area contributed by atoms with Crippen molar-refractivity contribution in [2.24, 2.45) is 4.99 Å². The first kappa shape index (κ1) is 14.2. The van der Waals surface area contributed by atoms with E-state index in [-0.39, 0.29) is 16.9 Å². The van der Waals surface area contributed by atoms with Gasteiger partial charge >= 0.3 is 0 Å². The third-order valence-corrected chi connectivity index (χ3v) is 4.05. The molecule has 4 rings (SSSR count). The molecule has 0 atom stereocenters. The molecule has 0 spiro atoms. The van der Waals surface area contributed by atoms with Crippen molar-refractivity contribution in [1.29, 1.82) is 0 Å². The van der Waals surface area contributed by atoms with Gasteiger partial charge in [-0.1, -0.05) is 18.2 Å². The Morgan fingerprint density at radius 2 is 1.92 bits per heavy atom. The van der Waals surface area contributed by atoms with Crippen LogP contribution in [-0.4, -0.2) is 23.1 Å². The summed E-state index contributed by atoms with van der Waals surface area (Å²) in [6, 6.07) is 11.8. The first-order valence-corrected chi connectivity index (χ1v) is 7.26. The molecule has 6 nitrogen and oxygen atoms in total. The minimum absolute atomic E-state index is 0.0635. The van der Waals surface area contributed by atoms with Crippen LogP contribution in [0.2, 0.25) is 0 Å². The number of aromatic nitrogens is 1. The summed E-state index contributed by atoms with van der Waals surface area (Å²) in [6.07, 6.45) is 0. The second-order valence-electron chi connectivity index (χ2n) is 5.40. The Morgan fingerprint density at radius 1 is 1.12 bits per heavy atom. The van der Waals surface area contributed by atoms with Gasteiger partial charge in [0.15, 0.2) is 0 Å². The van der Waals surface area contributed by atoms with E-state index < -0.39 is 11.5 Å². The predicted octanol–water partition coefficient (Wildman–Crippen LogP) is 0.601. The average molecular weight is 320 g/mol. The number of carbonyl (C=O) groups excluding carboxylic acids is 1. The average Bonchev–Trinajstić information content (AvgIpc) is 2.90. The van der Waals surface area contributed by atoms with Crippen molar-refractivity contribution in [3.8, 4) is 11.5 Å². The number of hydrogen-bond donors (Lipinski definition) is 2. The number of nitrogens with one attached hydrogen (secondary N) is 1. The molecule has 1 aromatic heterocycles. The summed E-state index contributed by atoms with van der Waals surface area (Å²) >= 11 is 0. The Morgan fingerprint density at radius 3 is 2.71 bits per heavy atom. The highest BCUT2D eigenvalue weighted by molar-refractivity contribution is 6.22. The highest BCUT2D eigenvalue weighted by atomic mass is 16.5. The lowest BCUT2D eigenvalue weighted by atomic mass is 10.0. The number of methoxy groups -OCH3 is 1. The van der Waals surface area contributed by atoms with Crippen LogP contribution in [0.5, 0.6) is 11.5 Å². The molecule has 0 aliphatic carbocycles. The van der Waals surface area contributed by atoms with E-state index in [1.165, 1.54) is 7.11 Å². The van der Waals surface area contributed by atoms with Crippen LogP contribution in [-0.2, 0) is 4.79 Å². The van der Waals surface area contributed by atoms with Crippen LogP contribution in [0.25, 0.3) is 16.5 Å². The summed E-state index contributed by atoms with van der Waals surface area (Å²) in [7, 11) is 1.51. The molecule has 1 aliphatic rings. The molecule has 0 unspecified atom stereocenters. The third kappa shape index (κ3) is 1.93. The summed E-state index contributed by atoms with van der Waals surface area (Å²) in [4.78, 5) is 31.4. The van der Waals surface area contributed by atoms with E-state index in [9.17, 15) is 14.7 Å². The van der Waals surface area contributed by atoms with Gasteiger partial charge in [0.2, 0.25) is 0 Å². The van der Waals surface area contributed by atoms with Gasteiger partial charge in [-0.2, -0.15) is 0 Å². The molecule has 1 amide bonds. The number of nitrogens with zero attached hydrogens (tertiary/aromatic N) is 1. The van der Waals surface area contributed by atoms with Crippen LogP contribution in [0, 0.1) is 0 Å². The molecule has 0 radical (unpaired) electrons. The standard InChI is InChI=1S/C18H12N2O4/c1-24-9-6-7-11-13(8-9)20-18(23)15(16(11)21)14-10-4-2-3-5-12(10)19-17(14)22/h2-8H,1H3,(H2,20,21,23). The molecule has 2 N–H and O–H groups in total. The fourth-order valence-electron chi connectivity index (χ4n) is 2.92. The zero-order valence-corrected chi connectivity index (χ0v) is 12.7. The summed E-state index contributed by atoms with van der Waals surface area (Å²) in [5.74, 6) is -0.230. The molecule has 0 fully saturated rings. The third-order valence-electron chi connectivity index (χ3n) is 4.05. The van der Waals surface area contributed by atoms with Crippen molar-refractivity contribution in [3.63, 3.8) is 0 Å². The van der Waals surface area contributed by atoms with Crippen LogP contribution < -0.4 is 20.9 Å². The number of hydrogen-bond acceptors (Lipinski definition) is 4. The molecular weight excluding hydrogens is 308 g/mol. The van der Waals surface area contributed by atoms with Gasteiger partial charge in [0.25, 0.3) is 11.5 Å². The Balaban J connectivity index is 2.12. The minimum Gasteiger partial charge on any atom is -0.506 e. The van der Waals surface area contributed by atoms with Gasteiger partial charge in [-0.25, -0.2) is 4.99 Å². The number of fused-ring (bicyclic) bond motifs is 2. The van der Waals surface area contributed by atoms with Crippen LogP contribution >= 0.6 is 0 Å². The Kier molecular flexibility index (Phi) is 2.99. The van der Waals surface area contributed by atoms with E-state index in [0.29, 0.717) is 27.2 Å². The van der Waals surface area contributed by atoms with E-state index in [4.69, 9.17) is 4.74 Å². The van der Waals surface area contributed by atoms with Crippen LogP contribution in [0.3, 0.4) is 0 Å². The Labute approximate surface area is 135 Å². The SMILES string of the molecule is COc1ccc2c(O)c(C3=c4ccccc4=NC3=O)c(=O)[nH]c2c1. The maximum Gasteiger partial charge on any atom is 0.279 e. The second kappa shape index (κ2) is 5.06. The highest BCUT2D eigenvalue weighted by Gasteiger charge is 2.25. The smallest absolute Gasteiger partial charge is 0.279 e. The number of aromatic amines is 1. The molecule has 118 valence electrons. The summed E-state index contributed by atoms with van der Waals surface area (Å²) in [5, 5.41) is 12.1. The maximum atomic E-state index is 12.5. The Hall–Kier alpha value is -3.41. The van der Waals surface area contributed by atoms with Gasteiger partial charge in [-0.05, 0) is 18.2 Å². The normalized spacial score (nSPS) is 13.0. The van der Waals surface area contributed by atoms with Crippen LogP contribution in [0.1, 0.15) is 5.56 Å². The Bertz CT molecular complexity index is 1190. The molecule has 0 bridgehead atoms. The summed E-state index contributed by atoms with van der Waals surface area (Å²) < 4.78 is 5.12. The molecule has 24 heavy (non-hydrogen) atoms. The van der Waals surface area contributed by atoms with Gasteiger partial charge in [-0.3, -0.25) is 9.59 Å². The number of amides is 1. The minimum atomic E-state index is -0.552. The van der Waals surface area contributed by atoms with E-state index >= 15 is 0 Å². The predicted molar refractivity (Wildman–Crippen MR) is 87.5 cm³/mol. The number of ether oxygens (including phenoxy) is 1. The molecular formula is C18H12N2O4. The number of carbonyl (C=O) groups is 1. The molecule has 0 saturated carbocycles. The highest BCUT2D eigenvalue weighted by Crippen LogP contribution is 2.31. The summed E-state index contributed by atoms with van der Waals surface area (Å²) in [5.41, 5.74) is -0.0752. The van der Waals surface area contributed by atoms with Gasteiger partial charge in [0.1, 0.15) is 11.5 Å². The number of benzene rings is 2. The number of rotatable bonds is 2. The van der Waals surface area contributed by atoms with Gasteiger partial charge in [-0.15, -0.1) is 0 Å². The first-order chi connectivity index (χ1) is 11.6. The van der Waals surface area contributed by atoms with Crippen LogP contribution in [0.4, 0.5) is 0 Å². The van der Waals surface area contributed by atoms with E-state index in [2.05, 4.69) is 9.98 Å². The number of H-pyrrole nitrogens is 1. The lowest BCUT2D eigenvalue weighted by Gasteiger charge is -2.08. The zero-order chi connectivity index (χ0) is 16.8. The lowest BCUT2D eigenvalue weighted by Crippen LogP contribution is -2.25. The van der Waals surface area contributed by atoms with Crippen molar-refractivity contribution in [3.05, 3.63) is 69.0 Å². The number of pyridine rings is 1. The van der Waals surface area contributed by atoms with Crippen molar-refractivity contribution in [2.45, 2.75) is 0 Å². The summed E-state index contributed by atoms with van der Waals surface area (Å²) in [6.45, 7) is 0. The second-order valence-corrected chi connectivity index (χ2v) is 5.40. The molecule has 6 heteroatoms. The van der Waals surface area contributed by atoms with E-state index in [0.717, 1.165) is 0 Å². The fourth-order valence-corrected chi connectivity index (χ4v) is 2.92. The van der Waals surface area contributed by atoms with Crippen molar-refractivity contribution in [1.82, 2.24) is 4.98 Å². The van der Waals surface area contributed by atoms with E-state index in [1.54, 1.807) is 42.5 Å². The zero-order valence-electron chi connectivity index (χ0n) is 12.7. The number of para-hydroxylation sites is 1. The quantitative estimate of drug-likeness (QED) is 0.723. The molecule has 2 heterocycles. The van der Waals surface area contributed by atoms with E-state index in [1.807, 2.05) is 0 Å². The monoisotopic (exact) mass is 320 g/mol. The lowest BCUT2D eigenvalue weighted by molar-refractivity contribution is -0.112. The van der Waals surface area contributed by atoms with Crippen molar-refractivity contribution < 1.29 is 14.6 Å². The molecule has 3 aromatic rings. The first-order valence-electron chi connectivity index (χ1n) is 7.26. The maximum absolute atomic E-state index is 12.5. The van der Waals surface area contributed by atoms with Gasteiger partial charge in [0, 0.05) is 16.7 Å². The number of aromatic hydroxyl groups is 1. The van der Waals surface area contributed by atoms with Gasteiger partial charge < -0.3 is 14.8 Å². The topological polar surface area (TPSA) is 91.8 Å². The molecule has 1 aliphatic heterocycles. The fraction of sp³-hybridized carbons (Fsp3) is 0.0556. The largest absolute Gasteiger partial charge is 0.506 e. The van der Waals surface area contributed by atoms with Gasteiger partial charge in [0.05, 0.1) is 29.1 Å². The van der Waals surface area contributed by atoms with Crippen molar-refractivity contribution in [2.75, 3.05) is 7.11 Å². The molecule has 0 saturated heterocycles.